The number of benzene rings is 2. The zero-order chi connectivity index (χ0) is 23.8. The number of nitrogens with one attached hydrogen (secondary N) is 2. The van der Waals surface area contributed by atoms with Crippen LogP contribution in [-0.2, 0) is 0 Å². The Morgan fingerprint density at radius 3 is 2.65 bits per heavy atom. The molecule has 4 atom stereocenters. The highest BCUT2D eigenvalue weighted by atomic mass is 19.1. The molecule has 34 heavy (non-hydrogen) atoms. The van der Waals surface area contributed by atoms with Gasteiger partial charge in [-0.15, -0.1) is 0 Å². The second kappa shape index (κ2) is 9.23. The SMILES string of the molecule is COc1ccc(C(=O)CN2C(=O)N3NC(c4cccc(F)c4)NC3C3CCCCC32)cc1OC. The zero-order valence-electron chi connectivity index (χ0n) is 19.3. The van der Waals surface area contributed by atoms with Gasteiger partial charge in [0, 0.05) is 17.5 Å². The van der Waals surface area contributed by atoms with Crippen LogP contribution >= 0.6 is 0 Å². The lowest BCUT2D eigenvalue weighted by molar-refractivity contribution is 0.00125. The Morgan fingerprint density at radius 2 is 1.88 bits per heavy atom. The zero-order valence-corrected chi connectivity index (χ0v) is 19.3. The molecule has 3 fully saturated rings. The van der Waals surface area contributed by atoms with Crippen molar-refractivity contribution in [3.8, 4) is 11.5 Å². The summed E-state index contributed by atoms with van der Waals surface area (Å²) in [6.45, 7) is -0.0228. The topological polar surface area (TPSA) is 83.1 Å². The summed E-state index contributed by atoms with van der Waals surface area (Å²) in [4.78, 5) is 28.5. The second-order valence-corrected chi connectivity index (χ2v) is 9.02. The largest absolute Gasteiger partial charge is 0.493 e. The normalized spacial score (nSPS) is 26.1. The van der Waals surface area contributed by atoms with Gasteiger partial charge >= 0.3 is 6.03 Å². The molecule has 0 radical (unpaired) electrons. The molecule has 1 aliphatic carbocycles. The summed E-state index contributed by atoms with van der Waals surface area (Å²) in [6.07, 6.45) is 3.30. The lowest BCUT2D eigenvalue weighted by Crippen LogP contribution is -2.66. The first-order valence-corrected chi connectivity index (χ1v) is 11.6. The average Bonchev–Trinajstić information content (AvgIpc) is 3.32. The maximum atomic E-state index is 13.8. The predicted octanol–water partition coefficient (Wildman–Crippen LogP) is 3.45. The summed E-state index contributed by atoms with van der Waals surface area (Å²) in [5, 5.41) is 5.07. The van der Waals surface area contributed by atoms with Gasteiger partial charge in [0.25, 0.3) is 0 Å². The number of carbonyl (C=O) groups excluding carboxylic acids is 2. The molecule has 3 aliphatic rings. The Kier molecular flexibility index (Phi) is 6.14. The van der Waals surface area contributed by atoms with Gasteiger partial charge in [0.15, 0.2) is 17.3 Å². The summed E-state index contributed by atoms with van der Waals surface area (Å²) in [7, 11) is 3.06. The Hall–Kier alpha value is -3.17. The molecule has 0 bridgehead atoms. The number of hydrogen-bond donors (Lipinski definition) is 2. The summed E-state index contributed by atoms with van der Waals surface area (Å²) in [6, 6.07) is 11.1. The molecule has 2 saturated heterocycles. The molecule has 5 rings (SSSR count). The Morgan fingerprint density at radius 1 is 1.09 bits per heavy atom. The first kappa shape index (κ1) is 22.6. The van der Waals surface area contributed by atoms with E-state index in [0.717, 1.165) is 31.2 Å². The monoisotopic (exact) mass is 468 g/mol. The first-order chi connectivity index (χ1) is 16.5. The third kappa shape index (κ3) is 3.99. The lowest BCUT2D eigenvalue weighted by Gasteiger charge is -2.49. The van der Waals surface area contributed by atoms with Crippen molar-refractivity contribution in [1.29, 1.82) is 0 Å². The molecule has 9 heteroatoms. The molecular weight excluding hydrogens is 439 g/mol. The number of carbonyl (C=O) groups is 2. The highest BCUT2D eigenvalue weighted by molar-refractivity contribution is 6.00. The number of halogens is 1. The number of hydrogen-bond acceptors (Lipinski definition) is 6. The number of fused-ring (bicyclic) bond motifs is 3. The maximum absolute atomic E-state index is 13.8. The molecular formula is C25H29FN4O4. The highest BCUT2D eigenvalue weighted by Gasteiger charge is 2.51. The van der Waals surface area contributed by atoms with Crippen LogP contribution in [0.5, 0.6) is 11.5 Å². The smallest absolute Gasteiger partial charge is 0.336 e. The van der Waals surface area contributed by atoms with Crippen molar-refractivity contribution in [2.75, 3.05) is 20.8 Å². The maximum Gasteiger partial charge on any atom is 0.336 e. The number of hydrazine groups is 1. The minimum Gasteiger partial charge on any atom is -0.493 e. The molecule has 8 nitrogen and oxygen atoms in total. The van der Waals surface area contributed by atoms with E-state index in [4.69, 9.17) is 9.47 Å². The number of ether oxygens (including phenoxy) is 2. The molecule has 0 spiro atoms. The fourth-order valence-electron chi connectivity index (χ4n) is 5.46. The van der Waals surface area contributed by atoms with Crippen molar-refractivity contribution >= 4 is 11.8 Å². The van der Waals surface area contributed by atoms with Gasteiger partial charge < -0.3 is 14.4 Å². The summed E-state index contributed by atoms with van der Waals surface area (Å²) < 4.78 is 24.4. The molecule has 2 amide bonds. The number of rotatable bonds is 6. The summed E-state index contributed by atoms with van der Waals surface area (Å²) in [5.74, 6) is 0.688. The van der Waals surface area contributed by atoms with E-state index < -0.39 is 0 Å². The lowest BCUT2D eigenvalue weighted by atomic mass is 9.80. The summed E-state index contributed by atoms with van der Waals surface area (Å²) in [5.41, 5.74) is 4.40. The van der Waals surface area contributed by atoms with Gasteiger partial charge in [-0.1, -0.05) is 25.0 Å². The first-order valence-electron chi connectivity index (χ1n) is 11.6. The van der Waals surface area contributed by atoms with Gasteiger partial charge in [-0.3, -0.25) is 10.1 Å². The third-order valence-electron chi connectivity index (χ3n) is 7.12. The van der Waals surface area contributed by atoms with Crippen LogP contribution < -0.4 is 20.2 Å². The van der Waals surface area contributed by atoms with E-state index in [9.17, 15) is 14.0 Å². The van der Waals surface area contributed by atoms with Crippen molar-refractivity contribution in [1.82, 2.24) is 20.7 Å². The number of amides is 2. The molecule has 1 saturated carbocycles. The molecule has 2 N–H and O–H groups in total. The Bertz CT molecular complexity index is 1100. The van der Waals surface area contributed by atoms with Crippen LogP contribution in [-0.4, -0.2) is 54.7 Å². The molecule has 180 valence electrons. The molecule has 2 aliphatic heterocycles. The van der Waals surface area contributed by atoms with E-state index in [0.29, 0.717) is 17.1 Å². The molecule has 2 aromatic carbocycles. The van der Waals surface area contributed by atoms with Gasteiger partial charge in [0.2, 0.25) is 0 Å². The second-order valence-electron chi connectivity index (χ2n) is 9.02. The van der Waals surface area contributed by atoms with E-state index >= 15 is 0 Å². The molecule has 2 aromatic rings. The van der Waals surface area contributed by atoms with Gasteiger partial charge in [-0.25, -0.2) is 19.6 Å². The number of methoxy groups -OCH3 is 2. The van der Waals surface area contributed by atoms with Crippen LogP contribution in [0.2, 0.25) is 0 Å². The van der Waals surface area contributed by atoms with Crippen LogP contribution in [0.25, 0.3) is 0 Å². The van der Waals surface area contributed by atoms with Crippen LogP contribution in [0.1, 0.15) is 47.8 Å². The Labute approximate surface area is 198 Å². The fourth-order valence-corrected chi connectivity index (χ4v) is 5.46. The quantitative estimate of drug-likeness (QED) is 0.632. The molecule has 0 aromatic heterocycles. The van der Waals surface area contributed by atoms with E-state index in [2.05, 4.69) is 10.7 Å². The third-order valence-corrected chi connectivity index (χ3v) is 7.12. The number of urea groups is 1. The van der Waals surface area contributed by atoms with E-state index in [-0.39, 0.29) is 48.5 Å². The number of Topliss-reactive ketones (excluding diaryl/α,β-unsaturated/α-hetero) is 1. The van der Waals surface area contributed by atoms with Crippen molar-refractivity contribution in [2.45, 2.75) is 44.1 Å². The van der Waals surface area contributed by atoms with E-state index in [1.807, 2.05) is 6.07 Å². The van der Waals surface area contributed by atoms with Crippen molar-refractivity contribution in [2.24, 2.45) is 5.92 Å². The Balaban J connectivity index is 1.39. The van der Waals surface area contributed by atoms with Crippen LogP contribution in [0.4, 0.5) is 9.18 Å². The minimum atomic E-state index is -0.381. The number of nitrogens with zero attached hydrogens (tertiary/aromatic N) is 2. The standard InChI is InChI=1S/C25H29FN4O4/c1-33-21-11-10-15(13-22(21)34-2)20(31)14-29-19-9-4-3-8-18(19)24-27-23(28-30(24)25(29)32)16-6-5-7-17(26)12-16/h5-7,10-13,18-19,23-24,27-28H,3-4,8-9,14H2,1-2H3. The van der Waals surface area contributed by atoms with Crippen molar-refractivity contribution < 1.29 is 23.5 Å². The van der Waals surface area contributed by atoms with Crippen LogP contribution in [0.15, 0.2) is 42.5 Å². The fraction of sp³-hybridized carbons (Fsp3) is 0.440. The minimum absolute atomic E-state index is 0.0228. The predicted molar refractivity (Wildman–Crippen MR) is 123 cm³/mol. The van der Waals surface area contributed by atoms with E-state index in [1.165, 1.54) is 19.2 Å². The molecule has 4 unspecified atom stereocenters. The average molecular weight is 469 g/mol. The van der Waals surface area contributed by atoms with Gasteiger partial charge in [0.1, 0.15) is 18.1 Å². The van der Waals surface area contributed by atoms with Gasteiger partial charge in [-0.05, 0) is 48.7 Å². The van der Waals surface area contributed by atoms with Crippen LogP contribution in [0.3, 0.4) is 0 Å². The van der Waals surface area contributed by atoms with Gasteiger partial charge in [0.05, 0.1) is 20.8 Å². The van der Waals surface area contributed by atoms with Crippen molar-refractivity contribution in [3.05, 3.63) is 59.4 Å². The van der Waals surface area contributed by atoms with E-state index in [1.54, 1.807) is 41.3 Å². The molecule has 2 heterocycles. The summed E-state index contributed by atoms with van der Waals surface area (Å²) >= 11 is 0. The highest BCUT2D eigenvalue weighted by Crippen LogP contribution is 2.39. The van der Waals surface area contributed by atoms with Gasteiger partial charge in [-0.2, -0.15) is 0 Å². The number of ketones is 1. The van der Waals surface area contributed by atoms with Crippen LogP contribution in [0, 0.1) is 11.7 Å². The van der Waals surface area contributed by atoms with Crippen molar-refractivity contribution in [3.63, 3.8) is 0 Å².